The number of urea groups is 1. The maximum absolute atomic E-state index is 12.4. The van der Waals surface area contributed by atoms with Gasteiger partial charge in [-0.15, -0.1) is 0 Å². The molecule has 11 heteroatoms. The zero-order valence-electron chi connectivity index (χ0n) is 16.7. The van der Waals surface area contributed by atoms with Crippen molar-refractivity contribution in [2.24, 2.45) is 0 Å². The number of methoxy groups -OCH3 is 1. The number of nitro benzene ring substituents is 1. The molecular formula is C20H19ClN4O6. The molecule has 3 rings (SSSR count). The summed E-state index contributed by atoms with van der Waals surface area (Å²) >= 11 is 6.05. The molecule has 0 radical (unpaired) electrons. The minimum Gasteiger partial charge on any atom is -0.495 e. The second kappa shape index (κ2) is 9.00. The zero-order valence-corrected chi connectivity index (χ0v) is 17.5. The highest BCUT2D eigenvalue weighted by Gasteiger charge is 2.36. The lowest BCUT2D eigenvalue weighted by Gasteiger charge is -2.15. The van der Waals surface area contributed by atoms with E-state index >= 15 is 0 Å². The van der Waals surface area contributed by atoms with E-state index in [2.05, 4.69) is 10.6 Å². The number of nitrogens with one attached hydrogen (secondary N) is 2. The average Bonchev–Trinajstić information content (AvgIpc) is 2.97. The highest BCUT2D eigenvalue weighted by molar-refractivity contribution is 6.31. The molecule has 0 fully saturated rings. The lowest BCUT2D eigenvalue weighted by molar-refractivity contribution is -0.384. The number of amides is 4. The average molecular weight is 447 g/mol. The van der Waals surface area contributed by atoms with Crippen LogP contribution in [0.2, 0.25) is 5.02 Å². The number of aryl methyl sites for hydroxylation is 1. The molecule has 0 aromatic heterocycles. The standard InChI is InChI=1S/C20H19ClN4O6/c1-11-8-16(17(31-2)10-15(11)21)23-20(28)22-6-3-7-24-18(26)13-5-4-12(25(29)30)9-14(13)19(24)27/h4-5,8-10H,3,6-7H2,1-2H3,(H2,22,23,28). The minimum absolute atomic E-state index is 0.00936. The van der Waals surface area contributed by atoms with E-state index in [1.165, 1.54) is 19.2 Å². The van der Waals surface area contributed by atoms with Crippen molar-refractivity contribution < 1.29 is 24.0 Å². The summed E-state index contributed by atoms with van der Waals surface area (Å²) < 4.78 is 5.20. The molecule has 31 heavy (non-hydrogen) atoms. The quantitative estimate of drug-likeness (QED) is 0.290. The third-order valence-corrected chi connectivity index (χ3v) is 5.15. The summed E-state index contributed by atoms with van der Waals surface area (Å²) in [7, 11) is 1.46. The fourth-order valence-corrected chi connectivity index (χ4v) is 3.28. The normalized spacial score (nSPS) is 12.5. The number of rotatable bonds is 7. The maximum Gasteiger partial charge on any atom is 0.319 e. The van der Waals surface area contributed by atoms with Crippen LogP contribution in [0.5, 0.6) is 5.75 Å². The van der Waals surface area contributed by atoms with Gasteiger partial charge in [-0.3, -0.25) is 24.6 Å². The zero-order chi connectivity index (χ0) is 22.7. The van der Waals surface area contributed by atoms with Gasteiger partial charge in [0.15, 0.2) is 0 Å². The van der Waals surface area contributed by atoms with Crippen molar-refractivity contribution >= 4 is 40.8 Å². The summed E-state index contributed by atoms with van der Waals surface area (Å²) in [5.74, 6) is -0.693. The first-order valence-electron chi connectivity index (χ1n) is 9.26. The predicted molar refractivity (Wildman–Crippen MR) is 113 cm³/mol. The number of halogens is 1. The molecule has 1 aliphatic heterocycles. The maximum atomic E-state index is 12.4. The fraction of sp³-hybridized carbons (Fsp3) is 0.250. The van der Waals surface area contributed by atoms with E-state index < -0.39 is 22.8 Å². The van der Waals surface area contributed by atoms with E-state index in [1.54, 1.807) is 19.1 Å². The summed E-state index contributed by atoms with van der Waals surface area (Å²) in [6.07, 6.45) is 0.303. The van der Waals surface area contributed by atoms with Crippen LogP contribution in [0.4, 0.5) is 16.2 Å². The number of carbonyl (C=O) groups excluding carboxylic acids is 3. The van der Waals surface area contributed by atoms with E-state index in [0.29, 0.717) is 22.9 Å². The summed E-state index contributed by atoms with van der Waals surface area (Å²) in [5.41, 5.74) is 1.10. The number of fused-ring (bicyclic) bond motifs is 1. The molecule has 0 bridgehead atoms. The molecule has 0 saturated carbocycles. The highest BCUT2D eigenvalue weighted by Crippen LogP contribution is 2.31. The number of ether oxygens (including phenoxy) is 1. The Morgan fingerprint density at radius 1 is 1.19 bits per heavy atom. The number of hydrogen-bond acceptors (Lipinski definition) is 6. The van der Waals surface area contributed by atoms with Crippen LogP contribution in [0.3, 0.4) is 0 Å². The molecule has 4 amide bonds. The number of anilines is 1. The Hall–Kier alpha value is -3.66. The largest absolute Gasteiger partial charge is 0.495 e. The van der Waals surface area contributed by atoms with Gasteiger partial charge in [-0.1, -0.05) is 11.6 Å². The van der Waals surface area contributed by atoms with Crippen molar-refractivity contribution in [3.63, 3.8) is 0 Å². The smallest absolute Gasteiger partial charge is 0.319 e. The number of carbonyl (C=O) groups is 3. The second-order valence-electron chi connectivity index (χ2n) is 6.79. The van der Waals surface area contributed by atoms with Gasteiger partial charge < -0.3 is 15.4 Å². The van der Waals surface area contributed by atoms with Crippen LogP contribution < -0.4 is 15.4 Å². The molecule has 2 N–H and O–H groups in total. The van der Waals surface area contributed by atoms with Gasteiger partial charge in [-0.25, -0.2) is 4.79 Å². The monoisotopic (exact) mass is 446 g/mol. The van der Waals surface area contributed by atoms with Gasteiger partial charge in [0.25, 0.3) is 17.5 Å². The van der Waals surface area contributed by atoms with Crippen molar-refractivity contribution in [1.82, 2.24) is 10.2 Å². The topological polar surface area (TPSA) is 131 Å². The molecule has 10 nitrogen and oxygen atoms in total. The third-order valence-electron chi connectivity index (χ3n) is 4.74. The highest BCUT2D eigenvalue weighted by atomic mass is 35.5. The SMILES string of the molecule is COc1cc(Cl)c(C)cc1NC(=O)NCCCN1C(=O)c2ccc([N+](=O)[O-])cc2C1=O. The first-order valence-corrected chi connectivity index (χ1v) is 9.64. The molecule has 0 atom stereocenters. The second-order valence-corrected chi connectivity index (χ2v) is 7.19. The lowest BCUT2D eigenvalue weighted by Crippen LogP contribution is -2.35. The first kappa shape index (κ1) is 22.0. The van der Waals surface area contributed by atoms with Crippen LogP contribution in [-0.2, 0) is 0 Å². The fourth-order valence-electron chi connectivity index (χ4n) is 3.13. The minimum atomic E-state index is -0.625. The third kappa shape index (κ3) is 4.58. The lowest BCUT2D eigenvalue weighted by atomic mass is 10.1. The van der Waals surface area contributed by atoms with Crippen LogP contribution in [0, 0.1) is 17.0 Å². The predicted octanol–water partition coefficient (Wildman–Crippen LogP) is 3.37. The van der Waals surface area contributed by atoms with Crippen molar-refractivity contribution in [2.75, 3.05) is 25.5 Å². The van der Waals surface area contributed by atoms with Crippen LogP contribution in [0.25, 0.3) is 0 Å². The van der Waals surface area contributed by atoms with Crippen molar-refractivity contribution in [3.05, 3.63) is 62.2 Å². The molecule has 162 valence electrons. The van der Waals surface area contributed by atoms with E-state index in [1.807, 2.05) is 0 Å². The Morgan fingerprint density at radius 2 is 1.90 bits per heavy atom. The van der Waals surface area contributed by atoms with Crippen LogP contribution in [0.1, 0.15) is 32.7 Å². The number of imide groups is 1. The van der Waals surface area contributed by atoms with Gasteiger partial charge in [-0.2, -0.15) is 0 Å². The number of nitro groups is 1. The molecule has 0 unspecified atom stereocenters. The van der Waals surface area contributed by atoms with Gasteiger partial charge in [0, 0.05) is 36.3 Å². The van der Waals surface area contributed by atoms with Crippen LogP contribution in [-0.4, -0.2) is 47.9 Å². The molecule has 0 saturated heterocycles. The number of benzene rings is 2. The number of nitrogens with zero attached hydrogens (tertiary/aromatic N) is 2. The van der Waals surface area contributed by atoms with E-state index in [9.17, 15) is 24.5 Å². The van der Waals surface area contributed by atoms with Gasteiger partial charge in [0.2, 0.25) is 0 Å². The Labute approximate surface area is 182 Å². The molecule has 1 aliphatic rings. The van der Waals surface area contributed by atoms with E-state index in [0.717, 1.165) is 16.5 Å². The van der Waals surface area contributed by atoms with Crippen LogP contribution in [0.15, 0.2) is 30.3 Å². The summed E-state index contributed by atoms with van der Waals surface area (Å²) in [6, 6.07) is 6.35. The molecule has 1 heterocycles. The summed E-state index contributed by atoms with van der Waals surface area (Å²) in [4.78, 5) is 48.3. The van der Waals surface area contributed by atoms with Crippen molar-refractivity contribution in [2.45, 2.75) is 13.3 Å². The Balaban J connectivity index is 1.54. The molecule has 2 aromatic carbocycles. The van der Waals surface area contributed by atoms with Gasteiger partial charge in [0.05, 0.1) is 28.8 Å². The number of hydrogen-bond donors (Lipinski definition) is 2. The Bertz CT molecular complexity index is 1090. The summed E-state index contributed by atoms with van der Waals surface area (Å²) in [5, 5.41) is 16.7. The number of non-ortho nitro benzene ring substituents is 1. The van der Waals surface area contributed by atoms with Gasteiger partial charge in [-0.05, 0) is 31.0 Å². The Kier molecular flexibility index (Phi) is 6.40. The Morgan fingerprint density at radius 3 is 2.58 bits per heavy atom. The van der Waals surface area contributed by atoms with E-state index in [4.69, 9.17) is 16.3 Å². The van der Waals surface area contributed by atoms with Crippen LogP contribution >= 0.6 is 11.6 Å². The van der Waals surface area contributed by atoms with Gasteiger partial charge in [0.1, 0.15) is 5.75 Å². The first-order chi connectivity index (χ1) is 14.7. The molecule has 2 aromatic rings. The molecular weight excluding hydrogens is 428 g/mol. The van der Waals surface area contributed by atoms with Crippen molar-refractivity contribution in [1.29, 1.82) is 0 Å². The molecule has 0 spiro atoms. The summed E-state index contributed by atoms with van der Waals surface area (Å²) in [6.45, 7) is 2.04. The van der Waals surface area contributed by atoms with Gasteiger partial charge >= 0.3 is 6.03 Å². The van der Waals surface area contributed by atoms with Crippen molar-refractivity contribution in [3.8, 4) is 5.75 Å². The molecule has 0 aliphatic carbocycles. The van der Waals surface area contributed by atoms with E-state index in [-0.39, 0.29) is 29.9 Å².